The third kappa shape index (κ3) is 3.68. The molecule has 0 N–H and O–H groups in total. The van der Waals surface area contributed by atoms with E-state index in [4.69, 9.17) is 19.2 Å². The van der Waals surface area contributed by atoms with Gasteiger partial charge in [0.05, 0.1) is 23.0 Å². The van der Waals surface area contributed by atoms with Gasteiger partial charge in [-0.15, -0.1) is 0 Å². The number of likely N-dealkylation sites (tertiary alicyclic amines) is 1. The van der Waals surface area contributed by atoms with Gasteiger partial charge in [0.2, 0.25) is 5.91 Å². The zero-order valence-corrected chi connectivity index (χ0v) is 16.9. The lowest BCUT2D eigenvalue weighted by Crippen LogP contribution is -2.43. The Balaban J connectivity index is 1.67. The number of nitrogens with zero attached hydrogens (tertiary/aromatic N) is 4. The van der Waals surface area contributed by atoms with Crippen molar-refractivity contribution in [2.45, 2.75) is 58.9 Å². The number of hydrogen-bond acceptors (Lipinski definition) is 6. The second-order valence-electron chi connectivity index (χ2n) is 7.88. The number of rotatable bonds is 3. The molecule has 0 radical (unpaired) electrons. The number of piperidine rings is 1. The van der Waals surface area contributed by atoms with Crippen LogP contribution in [0.3, 0.4) is 0 Å². The molecule has 2 fully saturated rings. The van der Waals surface area contributed by atoms with E-state index in [2.05, 4.69) is 5.16 Å². The van der Waals surface area contributed by atoms with Gasteiger partial charge in [-0.25, -0.2) is 9.97 Å². The summed E-state index contributed by atoms with van der Waals surface area (Å²) in [5, 5.41) is 4.06. The van der Waals surface area contributed by atoms with Crippen molar-refractivity contribution in [2.75, 3.05) is 19.8 Å². The third-order valence-corrected chi connectivity index (χ3v) is 5.82. The minimum atomic E-state index is -0.0665. The van der Waals surface area contributed by atoms with Gasteiger partial charge in [-0.2, -0.15) is 0 Å². The van der Waals surface area contributed by atoms with Crippen molar-refractivity contribution in [3.8, 4) is 11.3 Å². The Bertz CT molecular complexity index is 838. The summed E-state index contributed by atoms with van der Waals surface area (Å²) >= 11 is 0. The Morgan fingerprint density at radius 3 is 2.61 bits per heavy atom. The number of hydrogen-bond donors (Lipinski definition) is 0. The van der Waals surface area contributed by atoms with E-state index in [0.29, 0.717) is 13.2 Å². The molecule has 0 bridgehead atoms. The average Bonchev–Trinajstić information content (AvgIpc) is 3.06. The van der Waals surface area contributed by atoms with Crippen molar-refractivity contribution >= 4 is 5.91 Å². The predicted molar refractivity (Wildman–Crippen MR) is 104 cm³/mol. The van der Waals surface area contributed by atoms with Crippen LogP contribution < -0.4 is 0 Å². The molecule has 1 unspecified atom stereocenters. The average molecular weight is 384 g/mol. The van der Waals surface area contributed by atoms with E-state index in [1.54, 1.807) is 0 Å². The Hall–Kier alpha value is -2.28. The summed E-state index contributed by atoms with van der Waals surface area (Å²) in [6, 6.07) is 1.90. The van der Waals surface area contributed by atoms with Gasteiger partial charge in [0.25, 0.3) is 0 Å². The molecule has 0 spiro atoms. The van der Waals surface area contributed by atoms with Crippen LogP contribution in [-0.4, -0.2) is 45.7 Å². The highest BCUT2D eigenvalue weighted by atomic mass is 16.5. The van der Waals surface area contributed by atoms with Gasteiger partial charge in [0, 0.05) is 31.4 Å². The number of carbonyl (C=O) groups is 1. The number of aryl methyl sites for hydroxylation is 3. The summed E-state index contributed by atoms with van der Waals surface area (Å²) in [6.45, 7) is 7.91. The fraction of sp³-hybridized carbons (Fsp3) is 0.619. The van der Waals surface area contributed by atoms with Crippen LogP contribution in [0.4, 0.5) is 0 Å². The Morgan fingerprint density at radius 2 is 1.89 bits per heavy atom. The molecular formula is C21H28N4O3. The largest absolute Gasteiger partial charge is 0.381 e. The maximum Gasteiger partial charge on any atom is 0.226 e. The van der Waals surface area contributed by atoms with E-state index in [1.165, 1.54) is 0 Å². The maximum absolute atomic E-state index is 13.2. The summed E-state index contributed by atoms with van der Waals surface area (Å²) in [5.74, 6) is 1.77. The molecule has 0 aliphatic carbocycles. The highest BCUT2D eigenvalue weighted by Gasteiger charge is 2.35. The Morgan fingerprint density at radius 1 is 1.11 bits per heavy atom. The van der Waals surface area contributed by atoms with Gasteiger partial charge in [0.1, 0.15) is 5.76 Å². The molecule has 2 aromatic rings. The first-order valence-corrected chi connectivity index (χ1v) is 10.2. The Kier molecular flexibility index (Phi) is 5.44. The van der Waals surface area contributed by atoms with Gasteiger partial charge in [-0.1, -0.05) is 5.16 Å². The van der Waals surface area contributed by atoms with E-state index >= 15 is 0 Å². The van der Waals surface area contributed by atoms with Crippen LogP contribution in [0.15, 0.2) is 10.6 Å². The van der Waals surface area contributed by atoms with Crippen molar-refractivity contribution in [3.05, 3.63) is 29.0 Å². The smallest absolute Gasteiger partial charge is 0.226 e. The molecule has 7 heteroatoms. The van der Waals surface area contributed by atoms with Crippen LogP contribution in [0.2, 0.25) is 0 Å². The summed E-state index contributed by atoms with van der Waals surface area (Å²) in [7, 11) is 0. The van der Waals surface area contributed by atoms with Gasteiger partial charge in [-0.3, -0.25) is 4.79 Å². The molecule has 28 heavy (non-hydrogen) atoms. The van der Waals surface area contributed by atoms with Gasteiger partial charge < -0.3 is 14.2 Å². The van der Waals surface area contributed by atoms with Crippen LogP contribution in [-0.2, 0) is 9.53 Å². The van der Waals surface area contributed by atoms with Crippen LogP contribution in [0.25, 0.3) is 11.3 Å². The number of carbonyl (C=O) groups excluding carboxylic acids is 1. The van der Waals surface area contributed by atoms with E-state index in [-0.39, 0.29) is 17.9 Å². The van der Waals surface area contributed by atoms with E-state index in [9.17, 15) is 4.79 Å². The SMILES string of the molecule is Cc1cc(-c2c(C)noc2C)nc(C2CCCCN2C(=O)C2CCOCC2)n1. The molecule has 2 aromatic heterocycles. The lowest BCUT2D eigenvalue weighted by molar-refractivity contribution is -0.142. The topological polar surface area (TPSA) is 81.4 Å². The molecule has 7 nitrogen and oxygen atoms in total. The van der Waals surface area contributed by atoms with Gasteiger partial charge >= 0.3 is 0 Å². The van der Waals surface area contributed by atoms with Gasteiger partial charge in [-0.05, 0) is 58.9 Å². The van der Waals surface area contributed by atoms with E-state index in [1.807, 2.05) is 31.7 Å². The van der Waals surface area contributed by atoms with E-state index < -0.39 is 0 Å². The predicted octanol–water partition coefficient (Wildman–Crippen LogP) is 3.54. The fourth-order valence-electron chi connectivity index (χ4n) is 4.36. The number of ether oxygens (including phenoxy) is 1. The van der Waals surface area contributed by atoms with E-state index in [0.717, 1.165) is 72.9 Å². The summed E-state index contributed by atoms with van der Waals surface area (Å²) in [6.07, 6.45) is 4.63. The van der Waals surface area contributed by atoms with Crippen LogP contribution in [0, 0.1) is 26.7 Å². The highest BCUT2D eigenvalue weighted by Crippen LogP contribution is 2.34. The minimum Gasteiger partial charge on any atom is -0.381 e. The molecule has 4 heterocycles. The first kappa shape index (κ1) is 19.1. The monoisotopic (exact) mass is 384 g/mol. The zero-order valence-electron chi connectivity index (χ0n) is 16.9. The maximum atomic E-state index is 13.2. The second-order valence-corrected chi connectivity index (χ2v) is 7.88. The third-order valence-electron chi connectivity index (χ3n) is 5.82. The fourth-order valence-corrected chi connectivity index (χ4v) is 4.36. The lowest BCUT2D eigenvalue weighted by Gasteiger charge is -2.38. The van der Waals surface area contributed by atoms with Crippen LogP contribution in [0.5, 0.6) is 0 Å². The van der Waals surface area contributed by atoms with Gasteiger partial charge in [0.15, 0.2) is 5.82 Å². The molecule has 1 amide bonds. The quantitative estimate of drug-likeness (QED) is 0.805. The van der Waals surface area contributed by atoms with Crippen LogP contribution >= 0.6 is 0 Å². The minimum absolute atomic E-state index is 0.0567. The first-order valence-electron chi connectivity index (χ1n) is 10.2. The molecule has 0 aromatic carbocycles. The van der Waals surface area contributed by atoms with Crippen molar-refractivity contribution < 1.29 is 14.1 Å². The van der Waals surface area contributed by atoms with Crippen molar-refractivity contribution in [1.82, 2.24) is 20.0 Å². The van der Waals surface area contributed by atoms with Crippen molar-refractivity contribution in [1.29, 1.82) is 0 Å². The Labute approximate surface area is 165 Å². The van der Waals surface area contributed by atoms with Crippen molar-refractivity contribution in [3.63, 3.8) is 0 Å². The van der Waals surface area contributed by atoms with Crippen molar-refractivity contribution in [2.24, 2.45) is 5.92 Å². The molecule has 2 aliphatic heterocycles. The molecule has 2 saturated heterocycles. The lowest BCUT2D eigenvalue weighted by atomic mass is 9.94. The summed E-state index contributed by atoms with van der Waals surface area (Å²) in [5.41, 5.74) is 3.46. The summed E-state index contributed by atoms with van der Waals surface area (Å²) in [4.78, 5) is 24.8. The standard InChI is InChI=1S/C21H28N4O3/c1-13-12-17(19-14(2)24-28-15(19)3)23-20(22-13)18-6-4-5-9-25(18)21(26)16-7-10-27-11-8-16/h12,16,18H,4-11H2,1-3H3. The second kappa shape index (κ2) is 7.99. The molecule has 1 atom stereocenters. The number of amides is 1. The molecule has 150 valence electrons. The highest BCUT2D eigenvalue weighted by molar-refractivity contribution is 5.79. The first-order chi connectivity index (χ1) is 13.5. The normalized spacial score (nSPS) is 21.1. The molecule has 4 rings (SSSR count). The molecule has 2 aliphatic rings. The summed E-state index contributed by atoms with van der Waals surface area (Å²) < 4.78 is 10.8. The zero-order chi connectivity index (χ0) is 19.7. The molecule has 0 saturated carbocycles. The number of aromatic nitrogens is 3. The molecular weight excluding hydrogens is 356 g/mol. The van der Waals surface area contributed by atoms with Crippen LogP contribution in [0.1, 0.15) is 61.1 Å².